The molecule has 0 fully saturated rings. The van der Waals surface area contributed by atoms with Gasteiger partial charge in [0.05, 0.1) is 12.4 Å². The molecule has 0 saturated heterocycles. The number of nitrogens with two attached hydrogens (primary N) is 1. The molecular weight excluding hydrogens is 154 g/mol. The van der Waals surface area contributed by atoms with Crippen molar-refractivity contribution in [3.8, 4) is 0 Å². The highest BCUT2D eigenvalue weighted by Gasteiger charge is 2.04. The van der Waals surface area contributed by atoms with E-state index in [1.54, 1.807) is 17.0 Å². The third kappa shape index (κ3) is 1.10. The lowest BCUT2D eigenvalue weighted by Crippen LogP contribution is -1.99. The third-order valence-electron chi connectivity index (χ3n) is 1.85. The van der Waals surface area contributed by atoms with E-state index in [-0.39, 0.29) is 0 Å². The predicted octanol–water partition coefficient (Wildman–Crippen LogP) is 0.819. The molecule has 0 aliphatic heterocycles. The molecule has 4 nitrogen and oxygen atoms in total. The Morgan fingerprint density at radius 2 is 2.50 bits per heavy atom. The first kappa shape index (κ1) is 7.36. The van der Waals surface area contributed by atoms with Gasteiger partial charge in [0.25, 0.3) is 0 Å². The topological polar surface area (TPSA) is 56.5 Å². The molecule has 0 radical (unpaired) electrons. The van der Waals surface area contributed by atoms with Crippen LogP contribution in [0.2, 0.25) is 0 Å². The third-order valence-corrected chi connectivity index (χ3v) is 1.85. The van der Waals surface area contributed by atoms with Crippen molar-refractivity contribution in [2.45, 2.75) is 12.8 Å². The average molecular weight is 165 g/mol. The smallest absolute Gasteiger partial charge is 0.224 e. The predicted molar refractivity (Wildman–Crippen MR) is 44.8 cm³/mol. The Hall–Kier alpha value is -1.29. The summed E-state index contributed by atoms with van der Waals surface area (Å²) >= 11 is 0. The van der Waals surface area contributed by atoms with Crippen LogP contribution in [0.5, 0.6) is 0 Å². The Kier molecular flexibility index (Phi) is 1.83. The second kappa shape index (κ2) is 2.98. The molecule has 64 valence electrons. The molecule has 2 aromatic heterocycles. The SMILES string of the molecule is NCCCc1cnn2ccoc12. The zero-order valence-corrected chi connectivity index (χ0v) is 6.73. The highest BCUT2D eigenvalue weighted by atomic mass is 16.3. The minimum absolute atomic E-state index is 0.706. The molecule has 0 aliphatic carbocycles. The highest BCUT2D eigenvalue weighted by molar-refractivity contribution is 5.42. The maximum atomic E-state index is 5.41. The molecular formula is C8H11N3O. The number of fused-ring (bicyclic) bond motifs is 1. The zero-order valence-electron chi connectivity index (χ0n) is 6.73. The molecule has 2 rings (SSSR count). The number of hydrogen-bond acceptors (Lipinski definition) is 3. The fourth-order valence-corrected chi connectivity index (χ4v) is 1.24. The van der Waals surface area contributed by atoms with Crippen molar-refractivity contribution in [1.29, 1.82) is 0 Å². The van der Waals surface area contributed by atoms with Gasteiger partial charge in [0.2, 0.25) is 5.71 Å². The van der Waals surface area contributed by atoms with Crippen LogP contribution >= 0.6 is 0 Å². The van der Waals surface area contributed by atoms with Crippen LogP contribution in [0.4, 0.5) is 0 Å². The minimum Gasteiger partial charge on any atom is -0.445 e. The fourth-order valence-electron chi connectivity index (χ4n) is 1.24. The maximum Gasteiger partial charge on any atom is 0.224 e. The summed E-state index contributed by atoms with van der Waals surface area (Å²) in [5.74, 6) is 0. The Morgan fingerprint density at radius 3 is 3.33 bits per heavy atom. The quantitative estimate of drug-likeness (QED) is 0.732. The zero-order chi connectivity index (χ0) is 8.39. The molecule has 2 heterocycles. The summed E-state index contributed by atoms with van der Waals surface area (Å²) in [4.78, 5) is 0. The number of aryl methyl sites for hydroxylation is 1. The van der Waals surface area contributed by atoms with Gasteiger partial charge in [-0.3, -0.25) is 0 Å². The van der Waals surface area contributed by atoms with E-state index in [1.807, 2.05) is 6.20 Å². The highest BCUT2D eigenvalue weighted by Crippen LogP contribution is 2.12. The fraction of sp³-hybridized carbons (Fsp3) is 0.375. The molecule has 0 aromatic carbocycles. The molecule has 0 amide bonds. The number of aromatic nitrogens is 2. The van der Waals surface area contributed by atoms with Crippen LogP contribution in [0.1, 0.15) is 12.0 Å². The van der Waals surface area contributed by atoms with Gasteiger partial charge in [0.15, 0.2) is 0 Å². The van der Waals surface area contributed by atoms with Gasteiger partial charge < -0.3 is 10.2 Å². The summed E-state index contributed by atoms with van der Waals surface area (Å²) in [5.41, 5.74) is 7.37. The normalized spacial score (nSPS) is 11.1. The number of nitrogens with zero attached hydrogens (tertiary/aromatic N) is 2. The van der Waals surface area contributed by atoms with E-state index in [4.69, 9.17) is 10.2 Å². The van der Waals surface area contributed by atoms with Gasteiger partial charge >= 0.3 is 0 Å². The van der Waals surface area contributed by atoms with Crippen molar-refractivity contribution in [3.05, 3.63) is 24.2 Å². The summed E-state index contributed by atoms with van der Waals surface area (Å²) in [6.45, 7) is 0.706. The monoisotopic (exact) mass is 165 g/mol. The number of rotatable bonds is 3. The molecule has 0 aliphatic rings. The van der Waals surface area contributed by atoms with Gasteiger partial charge in [0.1, 0.15) is 6.26 Å². The van der Waals surface area contributed by atoms with E-state index in [0.29, 0.717) is 6.54 Å². The first-order valence-electron chi connectivity index (χ1n) is 4.01. The van der Waals surface area contributed by atoms with E-state index in [0.717, 1.165) is 24.1 Å². The molecule has 4 heteroatoms. The van der Waals surface area contributed by atoms with Crippen LogP contribution in [-0.4, -0.2) is 16.2 Å². The molecule has 2 aromatic rings. The second-order valence-electron chi connectivity index (χ2n) is 2.71. The van der Waals surface area contributed by atoms with Crippen LogP contribution in [0.3, 0.4) is 0 Å². The molecule has 2 N–H and O–H groups in total. The van der Waals surface area contributed by atoms with E-state index < -0.39 is 0 Å². The van der Waals surface area contributed by atoms with Crippen LogP contribution in [0.25, 0.3) is 5.71 Å². The van der Waals surface area contributed by atoms with Gasteiger partial charge in [-0.2, -0.15) is 5.10 Å². The molecule has 0 atom stereocenters. The summed E-state index contributed by atoms with van der Waals surface area (Å²) in [5, 5.41) is 4.11. The van der Waals surface area contributed by atoms with Crippen molar-refractivity contribution in [1.82, 2.24) is 9.61 Å². The van der Waals surface area contributed by atoms with E-state index in [1.165, 1.54) is 0 Å². The van der Waals surface area contributed by atoms with Crippen molar-refractivity contribution in [3.63, 3.8) is 0 Å². The van der Waals surface area contributed by atoms with Gasteiger partial charge in [-0.1, -0.05) is 0 Å². The first-order chi connectivity index (χ1) is 5.92. The number of hydrogen-bond donors (Lipinski definition) is 1. The van der Waals surface area contributed by atoms with Crippen LogP contribution in [0, 0.1) is 0 Å². The van der Waals surface area contributed by atoms with Crippen molar-refractivity contribution in [2.75, 3.05) is 6.54 Å². The van der Waals surface area contributed by atoms with E-state index >= 15 is 0 Å². The largest absolute Gasteiger partial charge is 0.445 e. The van der Waals surface area contributed by atoms with Gasteiger partial charge in [-0.05, 0) is 19.4 Å². The standard InChI is InChI=1S/C8H11N3O/c9-3-1-2-7-6-10-11-4-5-12-8(7)11/h4-6H,1-3,9H2. The van der Waals surface area contributed by atoms with Crippen molar-refractivity contribution < 1.29 is 4.42 Å². The van der Waals surface area contributed by atoms with Crippen LogP contribution in [0.15, 0.2) is 23.1 Å². The Labute approximate surface area is 70.0 Å². The lowest BCUT2D eigenvalue weighted by Gasteiger charge is -1.91. The Morgan fingerprint density at radius 1 is 1.58 bits per heavy atom. The summed E-state index contributed by atoms with van der Waals surface area (Å²) in [7, 11) is 0. The van der Waals surface area contributed by atoms with Gasteiger partial charge in [0, 0.05) is 5.56 Å². The minimum atomic E-state index is 0.706. The molecule has 0 unspecified atom stereocenters. The summed E-state index contributed by atoms with van der Waals surface area (Å²) < 4.78 is 6.97. The molecule has 12 heavy (non-hydrogen) atoms. The van der Waals surface area contributed by atoms with Crippen molar-refractivity contribution in [2.24, 2.45) is 5.73 Å². The van der Waals surface area contributed by atoms with Crippen molar-refractivity contribution >= 4 is 5.71 Å². The maximum absolute atomic E-state index is 5.41. The van der Waals surface area contributed by atoms with E-state index in [2.05, 4.69) is 5.10 Å². The summed E-state index contributed by atoms with van der Waals surface area (Å²) in [6, 6.07) is 0. The average Bonchev–Trinajstić information content (AvgIpc) is 2.62. The summed E-state index contributed by atoms with van der Waals surface area (Å²) in [6.07, 6.45) is 7.17. The lowest BCUT2D eigenvalue weighted by atomic mass is 10.2. The van der Waals surface area contributed by atoms with E-state index in [9.17, 15) is 0 Å². The molecule has 0 saturated carbocycles. The Bertz CT molecular complexity index is 363. The number of oxazole rings is 1. The lowest BCUT2D eigenvalue weighted by molar-refractivity contribution is 0.600. The first-order valence-corrected chi connectivity index (χ1v) is 4.01. The van der Waals surface area contributed by atoms with Crippen LogP contribution < -0.4 is 5.73 Å². The molecule has 0 spiro atoms. The van der Waals surface area contributed by atoms with Gasteiger partial charge in [-0.25, -0.2) is 4.52 Å². The molecule has 0 bridgehead atoms. The van der Waals surface area contributed by atoms with Crippen LogP contribution in [-0.2, 0) is 6.42 Å². The van der Waals surface area contributed by atoms with Gasteiger partial charge in [-0.15, -0.1) is 0 Å². The second-order valence-corrected chi connectivity index (χ2v) is 2.71. The Balaban J connectivity index is 2.28.